The smallest absolute Gasteiger partial charge is 0.261 e. The molecule has 2 aromatic carbocycles. The fraction of sp³-hybridized carbons (Fsp3) is 0.182. The Balaban J connectivity index is 1.31. The SMILES string of the molecule is Cc1c(CSc2nc3ccccc3[nH]2)cccc1SCCNC(=O)c1cccs1. The van der Waals surface area contributed by atoms with Crippen LogP contribution >= 0.6 is 34.9 Å². The Hall–Kier alpha value is -2.22. The van der Waals surface area contributed by atoms with E-state index in [9.17, 15) is 4.79 Å². The second-order valence-electron chi connectivity index (χ2n) is 6.47. The normalized spacial score (nSPS) is 11.1. The lowest BCUT2D eigenvalue weighted by Crippen LogP contribution is -2.24. The number of thioether (sulfide) groups is 2. The first kappa shape index (κ1) is 20.1. The minimum atomic E-state index is 0.00769. The van der Waals surface area contributed by atoms with Gasteiger partial charge in [-0.25, -0.2) is 4.98 Å². The zero-order chi connectivity index (χ0) is 20.1. The highest BCUT2D eigenvalue weighted by Crippen LogP contribution is 2.29. The van der Waals surface area contributed by atoms with E-state index in [4.69, 9.17) is 0 Å². The lowest BCUT2D eigenvalue weighted by molar-refractivity contribution is 0.0960. The van der Waals surface area contributed by atoms with E-state index in [2.05, 4.69) is 40.4 Å². The van der Waals surface area contributed by atoms with Crippen molar-refractivity contribution in [3.05, 3.63) is 76.0 Å². The van der Waals surface area contributed by atoms with E-state index in [1.165, 1.54) is 27.4 Å². The zero-order valence-electron chi connectivity index (χ0n) is 16.0. The van der Waals surface area contributed by atoms with Crippen molar-refractivity contribution >= 4 is 51.8 Å². The van der Waals surface area contributed by atoms with E-state index in [1.807, 2.05) is 41.8 Å². The van der Waals surface area contributed by atoms with Crippen LogP contribution < -0.4 is 5.32 Å². The average Bonchev–Trinajstić information content (AvgIpc) is 3.40. The molecule has 4 rings (SSSR count). The molecule has 2 aromatic heterocycles. The van der Waals surface area contributed by atoms with Gasteiger partial charge in [0.1, 0.15) is 0 Å². The van der Waals surface area contributed by atoms with E-state index in [-0.39, 0.29) is 5.91 Å². The molecule has 2 N–H and O–H groups in total. The second kappa shape index (κ2) is 9.52. The number of rotatable bonds is 8. The number of hydrogen-bond acceptors (Lipinski definition) is 5. The molecular formula is C22H21N3OS3. The fourth-order valence-electron chi connectivity index (χ4n) is 2.94. The number of aromatic nitrogens is 2. The number of nitrogens with zero attached hydrogens (tertiary/aromatic N) is 1. The number of carbonyl (C=O) groups is 1. The Morgan fingerprint density at radius 1 is 1.10 bits per heavy atom. The van der Waals surface area contributed by atoms with Crippen LogP contribution in [-0.2, 0) is 5.75 Å². The van der Waals surface area contributed by atoms with Gasteiger partial charge < -0.3 is 10.3 Å². The quantitative estimate of drug-likeness (QED) is 0.271. The Kier molecular flexibility index (Phi) is 6.59. The van der Waals surface area contributed by atoms with Crippen molar-refractivity contribution in [3.63, 3.8) is 0 Å². The maximum atomic E-state index is 12.0. The van der Waals surface area contributed by atoms with E-state index >= 15 is 0 Å². The summed E-state index contributed by atoms with van der Waals surface area (Å²) < 4.78 is 0. The van der Waals surface area contributed by atoms with Crippen molar-refractivity contribution in [1.29, 1.82) is 0 Å². The van der Waals surface area contributed by atoms with Crippen LogP contribution in [0.1, 0.15) is 20.8 Å². The number of benzene rings is 2. The standard InChI is InChI=1S/C22H21N3OS3/c1-15-16(14-29-22-24-17-7-2-3-8-18(17)25-22)6-4-9-19(15)28-13-11-23-21(26)20-10-5-12-27-20/h2-10,12H,11,13-14H2,1H3,(H,23,26)(H,24,25). The molecule has 0 fully saturated rings. The van der Waals surface area contributed by atoms with Crippen LogP contribution in [0.4, 0.5) is 0 Å². The lowest BCUT2D eigenvalue weighted by Gasteiger charge is -2.11. The Bertz CT molecular complexity index is 1070. The number of hydrogen-bond donors (Lipinski definition) is 2. The van der Waals surface area contributed by atoms with E-state index < -0.39 is 0 Å². The highest BCUT2D eigenvalue weighted by molar-refractivity contribution is 7.99. The van der Waals surface area contributed by atoms with Gasteiger partial charge in [0.15, 0.2) is 5.16 Å². The molecule has 7 heteroatoms. The summed E-state index contributed by atoms with van der Waals surface area (Å²) in [6, 6.07) is 18.3. The predicted octanol–water partition coefficient (Wildman–Crippen LogP) is 5.75. The summed E-state index contributed by atoms with van der Waals surface area (Å²) in [6.07, 6.45) is 0. The third kappa shape index (κ3) is 5.04. The van der Waals surface area contributed by atoms with Crippen LogP contribution in [0.2, 0.25) is 0 Å². The summed E-state index contributed by atoms with van der Waals surface area (Å²) in [6.45, 7) is 2.82. The van der Waals surface area contributed by atoms with Gasteiger partial charge in [0, 0.05) is 22.9 Å². The van der Waals surface area contributed by atoms with Gasteiger partial charge in [-0.1, -0.05) is 42.1 Å². The van der Waals surface area contributed by atoms with Crippen LogP contribution in [0.15, 0.2) is 70.0 Å². The molecule has 0 aliphatic rings. The molecule has 0 radical (unpaired) electrons. The van der Waals surface area contributed by atoms with E-state index in [0.717, 1.165) is 32.6 Å². The van der Waals surface area contributed by atoms with Crippen molar-refractivity contribution in [2.75, 3.05) is 12.3 Å². The van der Waals surface area contributed by atoms with Crippen LogP contribution in [0.25, 0.3) is 11.0 Å². The lowest BCUT2D eigenvalue weighted by atomic mass is 10.1. The maximum Gasteiger partial charge on any atom is 0.261 e. The maximum absolute atomic E-state index is 12.0. The highest BCUT2D eigenvalue weighted by atomic mass is 32.2. The molecule has 148 valence electrons. The summed E-state index contributed by atoms with van der Waals surface area (Å²) in [7, 11) is 0. The third-order valence-corrected chi connectivity index (χ3v) is 7.47. The van der Waals surface area contributed by atoms with Gasteiger partial charge in [0.2, 0.25) is 0 Å². The number of thiophene rings is 1. The predicted molar refractivity (Wildman–Crippen MR) is 124 cm³/mol. The van der Waals surface area contributed by atoms with Crippen molar-refractivity contribution < 1.29 is 4.79 Å². The molecule has 0 atom stereocenters. The van der Waals surface area contributed by atoms with Gasteiger partial charge in [-0.3, -0.25) is 4.79 Å². The second-order valence-corrected chi connectivity index (χ2v) is 9.52. The van der Waals surface area contributed by atoms with Crippen molar-refractivity contribution in [2.24, 2.45) is 0 Å². The molecule has 0 aliphatic heterocycles. The molecule has 4 nitrogen and oxygen atoms in total. The summed E-state index contributed by atoms with van der Waals surface area (Å²) in [5, 5.41) is 5.85. The summed E-state index contributed by atoms with van der Waals surface area (Å²) in [5.74, 6) is 1.72. The molecule has 0 saturated heterocycles. The number of carbonyl (C=O) groups excluding carboxylic acids is 1. The van der Waals surface area contributed by atoms with Crippen LogP contribution in [0.3, 0.4) is 0 Å². The fourth-order valence-corrected chi connectivity index (χ4v) is 5.47. The topological polar surface area (TPSA) is 57.8 Å². The monoisotopic (exact) mass is 439 g/mol. The number of fused-ring (bicyclic) bond motifs is 1. The third-order valence-electron chi connectivity index (χ3n) is 4.52. The molecule has 0 saturated carbocycles. The zero-order valence-corrected chi connectivity index (χ0v) is 18.4. The number of aromatic amines is 1. The number of nitrogens with one attached hydrogen (secondary N) is 2. The van der Waals surface area contributed by atoms with Crippen molar-refractivity contribution in [3.8, 4) is 0 Å². The number of para-hydroxylation sites is 2. The number of H-pyrrole nitrogens is 1. The van der Waals surface area contributed by atoms with Gasteiger partial charge in [-0.2, -0.15) is 0 Å². The minimum Gasteiger partial charge on any atom is -0.350 e. The first-order valence-corrected chi connectivity index (χ1v) is 12.2. The molecule has 0 bridgehead atoms. The molecule has 4 aromatic rings. The van der Waals surface area contributed by atoms with Crippen LogP contribution in [0.5, 0.6) is 0 Å². The van der Waals surface area contributed by atoms with Gasteiger partial charge in [0.25, 0.3) is 5.91 Å². The minimum absolute atomic E-state index is 0.00769. The Morgan fingerprint density at radius 3 is 2.83 bits per heavy atom. The molecule has 0 unspecified atom stereocenters. The first-order chi connectivity index (χ1) is 14.2. The largest absolute Gasteiger partial charge is 0.350 e. The van der Waals surface area contributed by atoms with E-state index in [1.54, 1.807) is 23.5 Å². The summed E-state index contributed by atoms with van der Waals surface area (Å²) >= 11 is 4.97. The average molecular weight is 440 g/mol. The number of imidazole rings is 1. The molecule has 2 heterocycles. The molecular weight excluding hydrogens is 418 g/mol. The molecule has 1 amide bonds. The van der Waals surface area contributed by atoms with E-state index in [0.29, 0.717) is 6.54 Å². The Morgan fingerprint density at radius 2 is 2.00 bits per heavy atom. The van der Waals surface area contributed by atoms with Crippen molar-refractivity contribution in [2.45, 2.75) is 22.7 Å². The Labute approximate surface area is 182 Å². The van der Waals surface area contributed by atoms with Gasteiger partial charge >= 0.3 is 0 Å². The molecule has 0 spiro atoms. The van der Waals surface area contributed by atoms with Gasteiger partial charge in [-0.15, -0.1) is 23.1 Å². The van der Waals surface area contributed by atoms with Crippen molar-refractivity contribution in [1.82, 2.24) is 15.3 Å². The molecule has 29 heavy (non-hydrogen) atoms. The van der Waals surface area contributed by atoms with Gasteiger partial charge in [-0.05, 0) is 47.7 Å². The van der Waals surface area contributed by atoms with Gasteiger partial charge in [0.05, 0.1) is 15.9 Å². The first-order valence-electron chi connectivity index (χ1n) is 9.31. The molecule has 0 aliphatic carbocycles. The number of amides is 1. The summed E-state index contributed by atoms with van der Waals surface area (Å²) in [4.78, 5) is 22.0. The van der Waals surface area contributed by atoms with Crippen LogP contribution in [0, 0.1) is 6.92 Å². The highest BCUT2D eigenvalue weighted by Gasteiger charge is 2.09. The van der Waals surface area contributed by atoms with Crippen LogP contribution in [-0.4, -0.2) is 28.2 Å². The summed E-state index contributed by atoms with van der Waals surface area (Å²) in [5.41, 5.74) is 4.68.